The van der Waals surface area contributed by atoms with Gasteiger partial charge in [0.05, 0.1) is 34.8 Å². The lowest BCUT2D eigenvalue weighted by molar-refractivity contribution is -0.138. The number of dihydropyridines is 1. The summed E-state index contributed by atoms with van der Waals surface area (Å²) in [6, 6.07) is 22.1. The maximum absolute atomic E-state index is 12.7. The average Bonchev–Trinajstić information content (AvgIpc) is 2.73. The van der Waals surface area contributed by atoms with Crippen LogP contribution in [0.25, 0.3) is 0 Å². The largest absolute Gasteiger partial charge is 0.463 e. The maximum atomic E-state index is 12.7. The second-order valence-electron chi connectivity index (χ2n) is 6.36. The number of benzene rings is 2. The van der Waals surface area contributed by atoms with E-state index in [0.29, 0.717) is 17.8 Å². The van der Waals surface area contributed by atoms with Gasteiger partial charge in [-0.15, -0.1) is 11.8 Å². The number of carbonyl (C=O) groups excluding carboxylic acids is 1. The van der Waals surface area contributed by atoms with E-state index in [0.717, 1.165) is 22.0 Å². The van der Waals surface area contributed by atoms with Crippen LogP contribution in [0.15, 0.2) is 82.5 Å². The third-order valence-corrected chi connectivity index (χ3v) is 5.59. The Hall–Kier alpha value is -2.97. The van der Waals surface area contributed by atoms with E-state index < -0.39 is 5.92 Å². The molecule has 0 saturated heterocycles. The lowest BCUT2D eigenvalue weighted by Crippen LogP contribution is -2.28. The number of rotatable bonds is 6. The second kappa shape index (κ2) is 9.29. The number of nitrogens with one attached hydrogen (secondary N) is 1. The Balaban J connectivity index is 2.01. The predicted octanol–water partition coefficient (Wildman–Crippen LogP) is 4.88. The van der Waals surface area contributed by atoms with Crippen LogP contribution in [-0.2, 0) is 15.3 Å². The SMILES string of the molecule is CCOC(=O)C1=C(C)NC(SCc2ccccc2)=C(C#N)[C@@H]1c1ccccc1. The molecule has 0 spiro atoms. The first-order valence-corrected chi connectivity index (χ1v) is 10.1. The number of ether oxygens (including phenoxy) is 1. The molecule has 142 valence electrons. The zero-order valence-electron chi connectivity index (χ0n) is 15.9. The van der Waals surface area contributed by atoms with Crippen LogP contribution in [0.4, 0.5) is 0 Å². The van der Waals surface area contributed by atoms with E-state index in [-0.39, 0.29) is 5.97 Å². The van der Waals surface area contributed by atoms with Crippen LogP contribution in [0.5, 0.6) is 0 Å². The van der Waals surface area contributed by atoms with Crippen LogP contribution >= 0.6 is 11.8 Å². The molecule has 0 radical (unpaired) electrons. The topological polar surface area (TPSA) is 62.1 Å². The molecule has 2 aromatic carbocycles. The number of hydrogen-bond acceptors (Lipinski definition) is 5. The van der Waals surface area contributed by atoms with Crippen molar-refractivity contribution in [1.29, 1.82) is 5.26 Å². The molecule has 3 rings (SSSR count). The number of nitrogens with zero attached hydrogens (tertiary/aromatic N) is 1. The van der Waals surface area contributed by atoms with Crippen LogP contribution < -0.4 is 5.32 Å². The van der Waals surface area contributed by atoms with Gasteiger partial charge in [0, 0.05) is 11.4 Å². The van der Waals surface area contributed by atoms with Gasteiger partial charge in [-0.3, -0.25) is 0 Å². The summed E-state index contributed by atoms with van der Waals surface area (Å²) >= 11 is 1.57. The molecule has 0 saturated carbocycles. The molecule has 1 heterocycles. The van der Waals surface area contributed by atoms with E-state index in [9.17, 15) is 10.1 Å². The Kier molecular flexibility index (Phi) is 6.57. The van der Waals surface area contributed by atoms with Crippen LogP contribution in [0.1, 0.15) is 30.9 Å². The number of carbonyl (C=O) groups is 1. The Labute approximate surface area is 169 Å². The molecule has 0 fully saturated rings. The lowest BCUT2D eigenvalue weighted by atomic mass is 9.82. The van der Waals surface area contributed by atoms with Crippen molar-refractivity contribution in [3.8, 4) is 6.07 Å². The van der Waals surface area contributed by atoms with Gasteiger partial charge in [-0.25, -0.2) is 4.79 Å². The maximum Gasteiger partial charge on any atom is 0.336 e. The minimum Gasteiger partial charge on any atom is -0.463 e. The third kappa shape index (κ3) is 4.29. The summed E-state index contributed by atoms with van der Waals surface area (Å²) < 4.78 is 5.29. The van der Waals surface area contributed by atoms with E-state index in [2.05, 4.69) is 23.5 Å². The highest BCUT2D eigenvalue weighted by Gasteiger charge is 2.35. The molecule has 0 aromatic heterocycles. The quantitative estimate of drug-likeness (QED) is 0.712. The molecule has 4 nitrogen and oxygen atoms in total. The van der Waals surface area contributed by atoms with Crippen molar-refractivity contribution in [2.75, 3.05) is 6.61 Å². The number of allylic oxidation sites excluding steroid dienone is 2. The van der Waals surface area contributed by atoms with E-state index >= 15 is 0 Å². The van der Waals surface area contributed by atoms with Gasteiger partial charge in [0.15, 0.2) is 0 Å². The normalized spacial score (nSPS) is 16.4. The molecule has 1 aliphatic rings. The highest BCUT2D eigenvalue weighted by atomic mass is 32.2. The molecule has 1 atom stereocenters. The van der Waals surface area contributed by atoms with Crippen molar-refractivity contribution in [2.45, 2.75) is 25.5 Å². The Morgan fingerprint density at radius 1 is 1.14 bits per heavy atom. The van der Waals surface area contributed by atoms with Gasteiger partial charge in [-0.2, -0.15) is 5.26 Å². The molecule has 2 aromatic rings. The summed E-state index contributed by atoms with van der Waals surface area (Å²) in [5.74, 6) is -0.0938. The smallest absolute Gasteiger partial charge is 0.336 e. The van der Waals surface area contributed by atoms with Crippen molar-refractivity contribution < 1.29 is 9.53 Å². The molecule has 0 aliphatic carbocycles. The van der Waals surface area contributed by atoms with Crippen LogP contribution in [-0.4, -0.2) is 12.6 Å². The van der Waals surface area contributed by atoms with Crippen LogP contribution in [0.3, 0.4) is 0 Å². The third-order valence-electron chi connectivity index (χ3n) is 4.50. The molecule has 0 amide bonds. The highest BCUT2D eigenvalue weighted by molar-refractivity contribution is 8.02. The Morgan fingerprint density at radius 3 is 2.39 bits per heavy atom. The van der Waals surface area contributed by atoms with Crippen LogP contribution in [0, 0.1) is 11.3 Å². The summed E-state index contributed by atoms with van der Waals surface area (Å²) in [5, 5.41) is 14.0. The zero-order valence-corrected chi connectivity index (χ0v) is 16.8. The van der Waals surface area contributed by atoms with E-state index in [4.69, 9.17) is 4.74 Å². The number of esters is 1. The predicted molar refractivity (Wildman–Crippen MR) is 112 cm³/mol. The van der Waals surface area contributed by atoms with Crippen molar-refractivity contribution in [1.82, 2.24) is 5.32 Å². The standard InChI is InChI=1S/C23H22N2O2S/c1-3-27-23(26)20-16(2)25-22(28-15-17-10-6-4-7-11-17)19(14-24)21(20)18-12-8-5-9-13-18/h4-13,21,25H,3,15H2,1-2H3/t21-/m0/s1. The number of hydrogen-bond donors (Lipinski definition) is 1. The van der Waals surface area contributed by atoms with Gasteiger partial charge in [-0.1, -0.05) is 60.7 Å². The van der Waals surface area contributed by atoms with Gasteiger partial charge < -0.3 is 10.1 Å². The summed E-state index contributed by atoms with van der Waals surface area (Å²) in [6.07, 6.45) is 0. The summed E-state index contributed by atoms with van der Waals surface area (Å²) in [6.45, 7) is 3.93. The highest BCUT2D eigenvalue weighted by Crippen LogP contribution is 2.41. The van der Waals surface area contributed by atoms with E-state index in [1.807, 2.05) is 55.5 Å². The van der Waals surface area contributed by atoms with Crippen molar-refractivity contribution in [3.63, 3.8) is 0 Å². The fourth-order valence-electron chi connectivity index (χ4n) is 3.21. The first-order chi connectivity index (χ1) is 13.7. The first-order valence-electron chi connectivity index (χ1n) is 9.16. The van der Waals surface area contributed by atoms with Crippen molar-refractivity contribution >= 4 is 17.7 Å². The van der Waals surface area contributed by atoms with Gasteiger partial charge in [-0.05, 0) is 25.0 Å². The Morgan fingerprint density at radius 2 is 1.79 bits per heavy atom. The molecule has 0 unspecified atom stereocenters. The monoisotopic (exact) mass is 390 g/mol. The fraction of sp³-hybridized carbons (Fsp3) is 0.217. The molecular weight excluding hydrogens is 368 g/mol. The van der Waals surface area contributed by atoms with Crippen molar-refractivity contribution in [2.24, 2.45) is 0 Å². The lowest BCUT2D eigenvalue weighted by Gasteiger charge is -2.29. The minimum atomic E-state index is -0.440. The number of thioether (sulfide) groups is 1. The summed E-state index contributed by atoms with van der Waals surface area (Å²) in [5.41, 5.74) is 3.84. The molecule has 1 N–H and O–H groups in total. The molecule has 1 aliphatic heterocycles. The molecule has 28 heavy (non-hydrogen) atoms. The first kappa shape index (κ1) is 19.8. The molecule has 5 heteroatoms. The van der Waals surface area contributed by atoms with Gasteiger partial charge >= 0.3 is 5.97 Å². The fourth-order valence-corrected chi connectivity index (χ4v) is 4.26. The molecular formula is C23H22N2O2S. The minimum absolute atomic E-state index is 0.290. The van der Waals surface area contributed by atoms with Gasteiger partial charge in [0.1, 0.15) is 0 Å². The van der Waals surface area contributed by atoms with Gasteiger partial charge in [0.2, 0.25) is 0 Å². The average molecular weight is 391 g/mol. The van der Waals surface area contributed by atoms with E-state index in [1.165, 1.54) is 5.56 Å². The van der Waals surface area contributed by atoms with Gasteiger partial charge in [0.25, 0.3) is 0 Å². The van der Waals surface area contributed by atoms with Crippen molar-refractivity contribution in [3.05, 3.63) is 93.7 Å². The Bertz CT molecular complexity index is 944. The second-order valence-corrected chi connectivity index (χ2v) is 7.34. The van der Waals surface area contributed by atoms with Crippen LogP contribution in [0.2, 0.25) is 0 Å². The van der Waals surface area contributed by atoms with E-state index in [1.54, 1.807) is 18.7 Å². The zero-order chi connectivity index (χ0) is 19.9. The summed E-state index contributed by atoms with van der Waals surface area (Å²) in [7, 11) is 0. The number of nitriles is 1. The summed E-state index contributed by atoms with van der Waals surface area (Å²) in [4.78, 5) is 12.7. The molecule has 0 bridgehead atoms.